The molecule has 3 aromatic rings. The van der Waals surface area contributed by atoms with E-state index in [1.807, 2.05) is 36.4 Å². The Morgan fingerprint density at radius 3 is 2.54 bits per heavy atom. The summed E-state index contributed by atoms with van der Waals surface area (Å²) in [4.78, 5) is 15.0. The third kappa shape index (κ3) is 4.35. The van der Waals surface area contributed by atoms with E-state index in [9.17, 15) is 18.5 Å². The molecule has 0 bridgehead atoms. The van der Waals surface area contributed by atoms with Crippen LogP contribution in [0.4, 0.5) is 17.2 Å². The minimum atomic E-state index is -3.75. The van der Waals surface area contributed by atoms with Gasteiger partial charge in [-0.3, -0.25) is 10.1 Å². The van der Waals surface area contributed by atoms with Gasteiger partial charge < -0.3 is 10.6 Å². The third-order valence-corrected chi connectivity index (χ3v) is 5.50. The summed E-state index contributed by atoms with van der Waals surface area (Å²) in [7, 11) is -2.50. The molecule has 1 heterocycles. The van der Waals surface area contributed by atoms with E-state index in [4.69, 9.17) is 0 Å². The standard InChI is InChI=1S/C18H19N5O4S/c1-19-28(26,27)14-7-8-16(17(12-14)23(24)25)20-10-11-21-18-9-6-13-4-2-3-5-15(13)22-18/h2-9,12,19-20H,10-11H2,1H3,(H,21,22). The molecule has 0 aliphatic carbocycles. The van der Waals surface area contributed by atoms with Crippen LogP contribution in [0.15, 0.2) is 59.5 Å². The molecule has 0 unspecified atom stereocenters. The zero-order valence-electron chi connectivity index (χ0n) is 15.0. The second kappa shape index (κ2) is 8.19. The number of nitrogens with one attached hydrogen (secondary N) is 3. The summed E-state index contributed by atoms with van der Waals surface area (Å²) < 4.78 is 25.8. The monoisotopic (exact) mass is 401 g/mol. The molecule has 0 saturated carbocycles. The highest BCUT2D eigenvalue weighted by molar-refractivity contribution is 7.89. The fraction of sp³-hybridized carbons (Fsp3) is 0.167. The van der Waals surface area contributed by atoms with E-state index in [2.05, 4.69) is 20.3 Å². The average Bonchev–Trinajstić information content (AvgIpc) is 2.71. The zero-order chi connectivity index (χ0) is 20.1. The molecule has 0 aliphatic rings. The van der Waals surface area contributed by atoms with Gasteiger partial charge >= 0.3 is 0 Å². The first-order valence-corrected chi connectivity index (χ1v) is 9.94. The number of rotatable bonds is 8. The molecular formula is C18H19N5O4S. The first-order chi connectivity index (χ1) is 13.4. The van der Waals surface area contributed by atoms with Gasteiger partial charge in [0.2, 0.25) is 10.0 Å². The van der Waals surface area contributed by atoms with Crippen molar-refractivity contribution in [1.29, 1.82) is 0 Å². The summed E-state index contributed by atoms with van der Waals surface area (Å²) >= 11 is 0. The van der Waals surface area contributed by atoms with Crippen molar-refractivity contribution in [3.63, 3.8) is 0 Å². The van der Waals surface area contributed by atoms with Gasteiger partial charge in [0.1, 0.15) is 11.5 Å². The Morgan fingerprint density at radius 1 is 1.04 bits per heavy atom. The predicted octanol–water partition coefficient (Wildman–Crippen LogP) is 2.58. The summed E-state index contributed by atoms with van der Waals surface area (Å²) in [5.41, 5.74) is 0.811. The van der Waals surface area contributed by atoms with Crippen molar-refractivity contribution in [1.82, 2.24) is 9.71 Å². The first-order valence-electron chi connectivity index (χ1n) is 8.46. The SMILES string of the molecule is CNS(=O)(=O)c1ccc(NCCNc2ccc3ccccc3n2)c([N+](=O)[O-])c1. The number of nitrogens with zero attached hydrogens (tertiary/aromatic N) is 2. The van der Waals surface area contributed by atoms with Crippen LogP contribution in [0.3, 0.4) is 0 Å². The number of aromatic nitrogens is 1. The van der Waals surface area contributed by atoms with Crippen LogP contribution in [0.2, 0.25) is 0 Å². The maximum absolute atomic E-state index is 11.8. The van der Waals surface area contributed by atoms with Crippen LogP contribution < -0.4 is 15.4 Å². The van der Waals surface area contributed by atoms with E-state index < -0.39 is 14.9 Å². The quantitative estimate of drug-likeness (QED) is 0.301. The Morgan fingerprint density at radius 2 is 1.79 bits per heavy atom. The van der Waals surface area contributed by atoms with E-state index in [0.29, 0.717) is 18.9 Å². The van der Waals surface area contributed by atoms with Crippen LogP contribution in [-0.2, 0) is 10.0 Å². The van der Waals surface area contributed by atoms with Gasteiger partial charge in [-0.15, -0.1) is 0 Å². The largest absolute Gasteiger partial charge is 0.378 e. The molecule has 1 aromatic heterocycles. The van der Waals surface area contributed by atoms with Crippen LogP contribution in [0.5, 0.6) is 0 Å². The number of para-hydroxylation sites is 1. The van der Waals surface area contributed by atoms with E-state index in [1.165, 1.54) is 19.2 Å². The van der Waals surface area contributed by atoms with Crippen molar-refractivity contribution in [3.8, 4) is 0 Å². The molecule has 2 aromatic carbocycles. The molecular weight excluding hydrogens is 382 g/mol. The molecule has 3 N–H and O–H groups in total. The number of hydrogen-bond acceptors (Lipinski definition) is 7. The molecule has 146 valence electrons. The predicted molar refractivity (Wildman–Crippen MR) is 108 cm³/mol. The molecule has 0 radical (unpaired) electrons. The minimum absolute atomic E-state index is 0.161. The molecule has 9 nitrogen and oxygen atoms in total. The fourth-order valence-corrected chi connectivity index (χ4v) is 3.40. The summed E-state index contributed by atoms with van der Waals surface area (Å²) in [6.45, 7) is 0.854. The Kier molecular flexibility index (Phi) is 5.71. The van der Waals surface area contributed by atoms with Crippen LogP contribution in [0, 0.1) is 10.1 Å². The van der Waals surface area contributed by atoms with Gasteiger partial charge in [-0.05, 0) is 37.4 Å². The van der Waals surface area contributed by atoms with E-state index >= 15 is 0 Å². The van der Waals surface area contributed by atoms with Gasteiger partial charge in [-0.2, -0.15) is 0 Å². The van der Waals surface area contributed by atoms with Crippen molar-refractivity contribution in [2.24, 2.45) is 0 Å². The highest BCUT2D eigenvalue weighted by atomic mass is 32.2. The fourth-order valence-electron chi connectivity index (χ4n) is 2.65. The maximum atomic E-state index is 11.8. The molecule has 10 heteroatoms. The minimum Gasteiger partial charge on any atom is -0.378 e. The Hall–Kier alpha value is -3.24. The Labute approximate surface area is 162 Å². The molecule has 0 fully saturated rings. The van der Waals surface area contributed by atoms with Crippen LogP contribution >= 0.6 is 0 Å². The molecule has 3 rings (SSSR count). The second-order valence-corrected chi connectivity index (χ2v) is 7.77. The van der Waals surface area contributed by atoms with Gasteiger partial charge in [-0.1, -0.05) is 18.2 Å². The van der Waals surface area contributed by atoms with Crippen molar-refractivity contribution < 1.29 is 13.3 Å². The summed E-state index contributed by atoms with van der Waals surface area (Å²) in [6, 6.07) is 15.3. The molecule has 0 amide bonds. The number of fused-ring (bicyclic) bond motifs is 1. The lowest BCUT2D eigenvalue weighted by atomic mass is 10.2. The third-order valence-electron chi connectivity index (χ3n) is 4.09. The molecule has 28 heavy (non-hydrogen) atoms. The highest BCUT2D eigenvalue weighted by Crippen LogP contribution is 2.27. The van der Waals surface area contributed by atoms with E-state index in [-0.39, 0.29) is 16.3 Å². The van der Waals surface area contributed by atoms with Crippen LogP contribution in [-0.4, -0.2) is 38.5 Å². The maximum Gasteiger partial charge on any atom is 0.293 e. The summed E-state index contributed by atoms with van der Waals surface area (Å²) in [5, 5.41) is 18.4. The van der Waals surface area contributed by atoms with Crippen molar-refractivity contribution in [2.75, 3.05) is 30.8 Å². The number of anilines is 2. The Bertz CT molecular complexity index is 1120. The topological polar surface area (TPSA) is 126 Å². The zero-order valence-corrected chi connectivity index (χ0v) is 15.9. The molecule has 0 atom stereocenters. The average molecular weight is 401 g/mol. The van der Waals surface area contributed by atoms with Crippen molar-refractivity contribution in [2.45, 2.75) is 4.90 Å². The van der Waals surface area contributed by atoms with E-state index in [0.717, 1.165) is 17.0 Å². The van der Waals surface area contributed by atoms with Crippen molar-refractivity contribution in [3.05, 3.63) is 64.7 Å². The summed E-state index contributed by atoms with van der Waals surface area (Å²) in [6.07, 6.45) is 0. The van der Waals surface area contributed by atoms with Gasteiger partial charge in [0.25, 0.3) is 5.69 Å². The van der Waals surface area contributed by atoms with Gasteiger partial charge in [0.05, 0.1) is 15.3 Å². The number of nitro groups is 1. The molecule has 0 aliphatic heterocycles. The lowest BCUT2D eigenvalue weighted by molar-refractivity contribution is -0.384. The van der Waals surface area contributed by atoms with Gasteiger partial charge in [0.15, 0.2) is 0 Å². The normalized spacial score (nSPS) is 11.3. The number of pyridine rings is 1. The lowest BCUT2D eigenvalue weighted by Gasteiger charge is -2.10. The summed E-state index contributed by atoms with van der Waals surface area (Å²) in [5.74, 6) is 0.700. The number of hydrogen-bond donors (Lipinski definition) is 3. The first kappa shape index (κ1) is 19.5. The lowest BCUT2D eigenvalue weighted by Crippen LogP contribution is -2.19. The van der Waals surface area contributed by atoms with Crippen LogP contribution in [0.1, 0.15) is 0 Å². The number of nitro benzene ring substituents is 1. The number of benzene rings is 2. The molecule has 0 spiro atoms. The van der Waals surface area contributed by atoms with Gasteiger partial charge in [-0.25, -0.2) is 18.1 Å². The highest BCUT2D eigenvalue weighted by Gasteiger charge is 2.20. The second-order valence-electron chi connectivity index (χ2n) is 5.89. The smallest absolute Gasteiger partial charge is 0.293 e. The van der Waals surface area contributed by atoms with Gasteiger partial charge in [0, 0.05) is 24.5 Å². The Balaban J connectivity index is 1.65. The van der Waals surface area contributed by atoms with E-state index in [1.54, 1.807) is 0 Å². The van der Waals surface area contributed by atoms with Crippen molar-refractivity contribution >= 4 is 38.1 Å². The number of sulfonamides is 1. The molecule has 0 saturated heterocycles. The van der Waals surface area contributed by atoms with Crippen LogP contribution in [0.25, 0.3) is 10.9 Å².